The summed E-state index contributed by atoms with van der Waals surface area (Å²) in [6, 6.07) is 3.65. The SMILES string of the molecule is CCN(CC)C(=O)CSc1ccc(F)c(F)c1. The lowest BCUT2D eigenvalue weighted by Gasteiger charge is -2.18. The van der Waals surface area contributed by atoms with Gasteiger partial charge in [0.2, 0.25) is 5.91 Å². The topological polar surface area (TPSA) is 20.3 Å². The molecule has 17 heavy (non-hydrogen) atoms. The molecule has 1 aromatic carbocycles. The van der Waals surface area contributed by atoms with Gasteiger partial charge in [0.15, 0.2) is 11.6 Å². The van der Waals surface area contributed by atoms with E-state index in [2.05, 4.69) is 0 Å². The molecule has 0 atom stereocenters. The third-order valence-corrected chi connectivity index (χ3v) is 3.35. The second kappa shape index (κ2) is 6.59. The fraction of sp³-hybridized carbons (Fsp3) is 0.417. The van der Waals surface area contributed by atoms with Crippen molar-refractivity contribution in [1.82, 2.24) is 4.90 Å². The van der Waals surface area contributed by atoms with Crippen LogP contribution in [0.2, 0.25) is 0 Å². The number of carbonyl (C=O) groups excluding carboxylic acids is 1. The number of amides is 1. The summed E-state index contributed by atoms with van der Waals surface area (Å²) in [4.78, 5) is 13.9. The Hall–Kier alpha value is -1.10. The number of rotatable bonds is 5. The van der Waals surface area contributed by atoms with Crippen LogP contribution in [0.4, 0.5) is 8.78 Å². The van der Waals surface area contributed by atoms with E-state index >= 15 is 0 Å². The Morgan fingerprint density at radius 1 is 1.24 bits per heavy atom. The van der Waals surface area contributed by atoms with Gasteiger partial charge >= 0.3 is 0 Å². The maximum Gasteiger partial charge on any atom is 0.232 e. The number of halogens is 2. The van der Waals surface area contributed by atoms with Gasteiger partial charge in [-0.2, -0.15) is 0 Å². The molecular weight excluding hydrogens is 244 g/mol. The molecule has 0 saturated carbocycles. The highest BCUT2D eigenvalue weighted by Crippen LogP contribution is 2.20. The van der Waals surface area contributed by atoms with Crippen LogP contribution >= 0.6 is 11.8 Å². The summed E-state index contributed by atoms with van der Waals surface area (Å²) in [5.74, 6) is -1.51. The molecule has 0 fully saturated rings. The quantitative estimate of drug-likeness (QED) is 0.758. The molecule has 94 valence electrons. The van der Waals surface area contributed by atoms with Gasteiger partial charge in [-0.15, -0.1) is 11.8 Å². The van der Waals surface area contributed by atoms with Gasteiger partial charge in [-0.05, 0) is 32.0 Å². The van der Waals surface area contributed by atoms with Crippen molar-refractivity contribution in [2.45, 2.75) is 18.7 Å². The minimum atomic E-state index is -0.884. The fourth-order valence-electron chi connectivity index (χ4n) is 1.38. The van der Waals surface area contributed by atoms with Crippen molar-refractivity contribution in [1.29, 1.82) is 0 Å². The molecule has 1 amide bonds. The fourth-order valence-corrected chi connectivity index (χ4v) is 2.20. The van der Waals surface area contributed by atoms with E-state index < -0.39 is 11.6 Å². The van der Waals surface area contributed by atoms with E-state index in [-0.39, 0.29) is 11.7 Å². The summed E-state index contributed by atoms with van der Waals surface area (Å²) in [5.41, 5.74) is 0. The van der Waals surface area contributed by atoms with Crippen molar-refractivity contribution in [2.24, 2.45) is 0 Å². The molecule has 0 unspecified atom stereocenters. The van der Waals surface area contributed by atoms with Gasteiger partial charge in [0.05, 0.1) is 5.75 Å². The zero-order chi connectivity index (χ0) is 12.8. The van der Waals surface area contributed by atoms with Gasteiger partial charge in [-0.3, -0.25) is 4.79 Å². The largest absolute Gasteiger partial charge is 0.343 e. The van der Waals surface area contributed by atoms with Crippen LogP contribution in [0.3, 0.4) is 0 Å². The third kappa shape index (κ3) is 4.00. The zero-order valence-corrected chi connectivity index (χ0v) is 10.7. The van der Waals surface area contributed by atoms with Gasteiger partial charge < -0.3 is 4.90 Å². The van der Waals surface area contributed by atoms with Crippen LogP contribution in [-0.4, -0.2) is 29.6 Å². The number of benzene rings is 1. The molecule has 1 aromatic rings. The molecule has 0 saturated heterocycles. The first-order chi connectivity index (χ1) is 8.08. The minimum absolute atomic E-state index is 0.00438. The van der Waals surface area contributed by atoms with E-state index in [4.69, 9.17) is 0 Å². The molecule has 1 rings (SSSR count). The van der Waals surface area contributed by atoms with Crippen LogP contribution in [-0.2, 0) is 4.79 Å². The predicted octanol–water partition coefficient (Wildman–Crippen LogP) is 2.93. The summed E-state index contributed by atoms with van der Waals surface area (Å²) >= 11 is 1.21. The molecule has 5 heteroatoms. The summed E-state index contributed by atoms with van der Waals surface area (Å²) in [6.07, 6.45) is 0. The molecule has 0 heterocycles. The molecule has 0 N–H and O–H groups in total. The maximum absolute atomic E-state index is 12.9. The summed E-state index contributed by atoms with van der Waals surface area (Å²) in [6.45, 7) is 5.13. The molecule has 2 nitrogen and oxygen atoms in total. The lowest BCUT2D eigenvalue weighted by atomic mass is 10.3. The first-order valence-corrected chi connectivity index (χ1v) is 6.42. The molecule has 0 bridgehead atoms. The van der Waals surface area contributed by atoms with Gasteiger partial charge in [-0.1, -0.05) is 0 Å². The van der Waals surface area contributed by atoms with Crippen LogP contribution < -0.4 is 0 Å². The van der Waals surface area contributed by atoms with Crippen LogP contribution in [0.15, 0.2) is 23.1 Å². The summed E-state index contributed by atoms with van der Waals surface area (Å²) < 4.78 is 25.6. The zero-order valence-electron chi connectivity index (χ0n) is 9.87. The highest BCUT2D eigenvalue weighted by Gasteiger charge is 2.10. The Labute approximate surface area is 104 Å². The smallest absolute Gasteiger partial charge is 0.232 e. The lowest BCUT2D eigenvalue weighted by molar-refractivity contribution is -0.127. The third-order valence-electron chi connectivity index (χ3n) is 2.37. The van der Waals surface area contributed by atoms with Gasteiger partial charge in [-0.25, -0.2) is 8.78 Å². The summed E-state index contributed by atoms with van der Waals surface area (Å²) in [7, 11) is 0. The number of thioether (sulfide) groups is 1. The van der Waals surface area contributed by atoms with E-state index in [1.54, 1.807) is 4.90 Å². The van der Waals surface area contributed by atoms with Crippen molar-refractivity contribution in [3.05, 3.63) is 29.8 Å². The van der Waals surface area contributed by atoms with Crippen LogP contribution in [0.5, 0.6) is 0 Å². The monoisotopic (exact) mass is 259 g/mol. The second-order valence-electron chi connectivity index (χ2n) is 3.43. The molecule has 0 spiro atoms. The average molecular weight is 259 g/mol. The molecular formula is C12H15F2NOS. The number of nitrogens with zero attached hydrogens (tertiary/aromatic N) is 1. The van der Waals surface area contributed by atoms with Crippen LogP contribution in [0, 0.1) is 11.6 Å². The van der Waals surface area contributed by atoms with Crippen molar-refractivity contribution in [2.75, 3.05) is 18.8 Å². The Morgan fingerprint density at radius 3 is 2.41 bits per heavy atom. The van der Waals surface area contributed by atoms with Crippen LogP contribution in [0.25, 0.3) is 0 Å². The highest BCUT2D eigenvalue weighted by atomic mass is 32.2. The normalized spacial score (nSPS) is 10.4. The van der Waals surface area contributed by atoms with Crippen molar-refractivity contribution >= 4 is 17.7 Å². The second-order valence-corrected chi connectivity index (χ2v) is 4.48. The molecule has 0 aliphatic carbocycles. The average Bonchev–Trinajstić information content (AvgIpc) is 2.32. The van der Waals surface area contributed by atoms with E-state index in [1.165, 1.54) is 17.8 Å². The maximum atomic E-state index is 12.9. The van der Waals surface area contributed by atoms with Gasteiger partial charge in [0.1, 0.15) is 0 Å². The van der Waals surface area contributed by atoms with Crippen LogP contribution in [0.1, 0.15) is 13.8 Å². The van der Waals surface area contributed by atoms with E-state index in [0.29, 0.717) is 18.0 Å². The first kappa shape index (κ1) is 14.0. The Balaban J connectivity index is 2.55. The Kier molecular flexibility index (Phi) is 5.41. The first-order valence-electron chi connectivity index (χ1n) is 5.44. The Bertz CT molecular complexity index is 394. The molecule has 0 aromatic heterocycles. The van der Waals surface area contributed by atoms with E-state index in [9.17, 15) is 13.6 Å². The van der Waals surface area contributed by atoms with Crippen molar-refractivity contribution in [3.8, 4) is 0 Å². The number of hydrogen-bond donors (Lipinski definition) is 0. The van der Waals surface area contributed by atoms with E-state index in [1.807, 2.05) is 13.8 Å². The lowest BCUT2D eigenvalue weighted by Crippen LogP contribution is -2.31. The molecule has 0 aliphatic rings. The van der Waals surface area contributed by atoms with Crippen molar-refractivity contribution in [3.63, 3.8) is 0 Å². The predicted molar refractivity (Wildman–Crippen MR) is 65.0 cm³/mol. The van der Waals surface area contributed by atoms with Gasteiger partial charge in [0, 0.05) is 18.0 Å². The van der Waals surface area contributed by atoms with Gasteiger partial charge in [0.25, 0.3) is 0 Å². The minimum Gasteiger partial charge on any atom is -0.343 e. The summed E-state index contributed by atoms with van der Waals surface area (Å²) in [5, 5.41) is 0. The standard InChI is InChI=1S/C12H15F2NOS/c1-3-15(4-2)12(16)8-17-9-5-6-10(13)11(14)7-9/h5-7H,3-4,8H2,1-2H3. The van der Waals surface area contributed by atoms with Crippen molar-refractivity contribution < 1.29 is 13.6 Å². The number of hydrogen-bond acceptors (Lipinski definition) is 2. The molecule has 0 radical (unpaired) electrons. The molecule has 0 aliphatic heterocycles. The van der Waals surface area contributed by atoms with E-state index in [0.717, 1.165) is 12.1 Å². The highest BCUT2D eigenvalue weighted by molar-refractivity contribution is 8.00. The Morgan fingerprint density at radius 2 is 1.88 bits per heavy atom. The number of carbonyl (C=O) groups is 1.